The van der Waals surface area contributed by atoms with Gasteiger partial charge >= 0.3 is 0 Å². The number of nitrogens with zero attached hydrogens (tertiary/aromatic N) is 3. The molecule has 0 saturated carbocycles. The van der Waals surface area contributed by atoms with Crippen molar-refractivity contribution in [1.82, 2.24) is 15.2 Å². The van der Waals surface area contributed by atoms with Crippen molar-refractivity contribution in [2.45, 2.75) is 19.4 Å². The fraction of sp³-hybridized carbons (Fsp3) is 0.353. The highest BCUT2D eigenvalue weighted by molar-refractivity contribution is 7.91. The maximum absolute atomic E-state index is 11.8. The van der Waals surface area contributed by atoms with Gasteiger partial charge in [0.2, 0.25) is 5.91 Å². The first-order valence-corrected chi connectivity index (χ1v) is 9.91. The third-order valence-corrected chi connectivity index (χ3v) is 5.88. The number of rotatable bonds is 6. The van der Waals surface area contributed by atoms with Crippen LogP contribution in [-0.4, -0.2) is 41.8 Å². The molecule has 1 saturated heterocycles. The Bertz CT molecular complexity index is 859. The van der Waals surface area contributed by atoms with E-state index in [9.17, 15) is 13.2 Å². The van der Waals surface area contributed by atoms with Gasteiger partial charge in [-0.1, -0.05) is 30.3 Å². The summed E-state index contributed by atoms with van der Waals surface area (Å²) in [7, 11) is -2.96. The SMILES string of the molecule is O=C(C[C@@H]1CCS(=O)(=O)C1)N/N=C\c1cnn(Cc2ccccc2)c1. The number of hydrogen-bond acceptors (Lipinski definition) is 5. The highest BCUT2D eigenvalue weighted by Gasteiger charge is 2.29. The quantitative estimate of drug-likeness (QED) is 0.619. The lowest BCUT2D eigenvalue weighted by molar-refractivity contribution is -0.121. The molecule has 2 aromatic rings. The molecule has 1 amide bonds. The largest absolute Gasteiger partial charge is 0.273 e. The Morgan fingerprint density at radius 1 is 1.36 bits per heavy atom. The van der Waals surface area contributed by atoms with Gasteiger partial charge in [0, 0.05) is 18.2 Å². The monoisotopic (exact) mass is 360 g/mol. The molecule has 0 bridgehead atoms. The summed E-state index contributed by atoms with van der Waals surface area (Å²) in [6.45, 7) is 0.664. The Hall–Kier alpha value is -2.48. The summed E-state index contributed by atoms with van der Waals surface area (Å²) in [6, 6.07) is 9.98. The maximum Gasteiger partial charge on any atom is 0.240 e. The van der Waals surface area contributed by atoms with E-state index in [4.69, 9.17) is 0 Å². The summed E-state index contributed by atoms with van der Waals surface area (Å²) >= 11 is 0. The molecule has 1 atom stereocenters. The summed E-state index contributed by atoms with van der Waals surface area (Å²) in [4.78, 5) is 11.8. The highest BCUT2D eigenvalue weighted by Crippen LogP contribution is 2.21. The predicted octanol–water partition coefficient (Wildman–Crippen LogP) is 1.21. The second kappa shape index (κ2) is 7.60. The zero-order chi connectivity index (χ0) is 17.7. The first-order chi connectivity index (χ1) is 12.0. The number of benzene rings is 1. The highest BCUT2D eigenvalue weighted by atomic mass is 32.2. The number of hydrazone groups is 1. The molecule has 8 heteroatoms. The normalized spacial score (nSPS) is 19.3. The molecule has 0 aliphatic carbocycles. The van der Waals surface area contributed by atoms with Crippen LogP contribution in [0.2, 0.25) is 0 Å². The van der Waals surface area contributed by atoms with Crippen LogP contribution in [0.1, 0.15) is 24.0 Å². The number of amides is 1. The van der Waals surface area contributed by atoms with Crippen molar-refractivity contribution >= 4 is 22.0 Å². The van der Waals surface area contributed by atoms with Crippen molar-refractivity contribution in [2.75, 3.05) is 11.5 Å². The number of aromatic nitrogens is 2. The molecule has 0 spiro atoms. The van der Waals surface area contributed by atoms with Gasteiger partial charge in [-0.25, -0.2) is 13.8 Å². The molecule has 1 aliphatic rings. The number of carbonyl (C=O) groups excluding carboxylic acids is 1. The fourth-order valence-electron chi connectivity index (χ4n) is 2.82. The van der Waals surface area contributed by atoms with Gasteiger partial charge in [0.1, 0.15) is 0 Å². The van der Waals surface area contributed by atoms with Crippen LogP contribution in [0.3, 0.4) is 0 Å². The van der Waals surface area contributed by atoms with Crippen LogP contribution >= 0.6 is 0 Å². The Morgan fingerprint density at radius 2 is 2.16 bits per heavy atom. The Balaban J connectivity index is 1.47. The minimum atomic E-state index is -2.96. The van der Waals surface area contributed by atoms with Crippen LogP contribution in [0.15, 0.2) is 47.8 Å². The molecular formula is C17H20N4O3S. The van der Waals surface area contributed by atoms with Crippen LogP contribution in [0, 0.1) is 5.92 Å². The summed E-state index contributed by atoms with van der Waals surface area (Å²) in [5.74, 6) is -0.102. The Morgan fingerprint density at radius 3 is 2.88 bits per heavy atom. The number of hydrogen-bond donors (Lipinski definition) is 1. The van der Waals surface area contributed by atoms with Gasteiger partial charge in [0.15, 0.2) is 9.84 Å². The van der Waals surface area contributed by atoms with E-state index < -0.39 is 9.84 Å². The van der Waals surface area contributed by atoms with Crippen LogP contribution in [0.4, 0.5) is 0 Å². The van der Waals surface area contributed by atoms with E-state index in [1.165, 1.54) is 6.21 Å². The molecule has 25 heavy (non-hydrogen) atoms. The van der Waals surface area contributed by atoms with Crippen LogP contribution in [-0.2, 0) is 21.2 Å². The van der Waals surface area contributed by atoms with Crippen molar-refractivity contribution in [1.29, 1.82) is 0 Å². The smallest absolute Gasteiger partial charge is 0.240 e. The fourth-order valence-corrected chi connectivity index (χ4v) is 4.68. The van der Waals surface area contributed by atoms with Gasteiger partial charge in [-0.3, -0.25) is 9.48 Å². The third-order valence-electron chi connectivity index (χ3n) is 4.04. The van der Waals surface area contributed by atoms with Crippen molar-refractivity contribution in [3.05, 3.63) is 53.9 Å². The van der Waals surface area contributed by atoms with E-state index in [0.29, 0.717) is 13.0 Å². The molecule has 132 valence electrons. The van der Waals surface area contributed by atoms with Crippen molar-refractivity contribution in [2.24, 2.45) is 11.0 Å². The first-order valence-electron chi connectivity index (χ1n) is 8.09. The minimum Gasteiger partial charge on any atom is -0.273 e. The van der Waals surface area contributed by atoms with Crippen LogP contribution < -0.4 is 5.43 Å². The molecule has 1 aliphatic heterocycles. The topological polar surface area (TPSA) is 93.4 Å². The lowest BCUT2D eigenvalue weighted by Gasteiger charge is -2.04. The average Bonchev–Trinajstić information content (AvgIpc) is 3.14. The van der Waals surface area contributed by atoms with Crippen LogP contribution in [0.25, 0.3) is 0 Å². The number of nitrogens with one attached hydrogen (secondary N) is 1. The van der Waals surface area contributed by atoms with Crippen molar-refractivity contribution < 1.29 is 13.2 Å². The standard InChI is InChI=1S/C17H20N4O3S/c22-17(8-15-6-7-25(23,24)13-15)20-18-9-16-10-19-21(12-16)11-14-4-2-1-3-5-14/h1-5,9-10,12,15H,6-8,11,13H2,(H,20,22)/b18-9-/t15-/m0/s1. The molecule has 1 fully saturated rings. The van der Waals surface area contributed by atoms with E-state index >= 15 is 0 Å². The average molecular weight is 360 g/mol. The van der Waals surface area contributed by atoms with Crippen LogP contribution in [0.5, 0.6) is 0 Å². The van der Waals surface area contributed by atoms with E-state index in [-0.39, 0.29) is 29.8 Å². The van der Waals surface area contributed by atoms with E-state index in [1.807, 2.05) is 36.5 Å². The van der Waals surface area contributed by atoms with E-state index in [0.717, 1.165) is 11.1 Å². The predicted molar refractivity (Wildman–Crippen MR) is 94.9 cm³/mol. The molecule has 1 N–H and O–H groups in total. The molecule has 2 heterocycles. The number of carbonyl (C=O) groups is 1. The number of sulfone groups is 1. The Labute approximate surface area is 146 Å². The van der Waals surface area contributed by atoms with Gasteiger partial charge in [-0.05, 0) is 17.9 Å². The maximum atomic E-state index is 11.8. The summed E-state index contributed by atoms with van der Waals surface area (Å²) in [6.07, 6.45) is 5.77. The van der Waals surface area contributed by atoms with Gasteiger partial charge in [-0.15, -0.1) is 0 Å². The lowest BCUT2D eigenvalue weighted by Crippen LogP contribution is -2.21. The molecular weight excluding hydrogens is 340 g/mol. The van der Waals surface area contributed by atoms with Gasteiger partial charge < -0.3 is 0 Å². The molecule has 1 aromatic carbocycles. The molecule has 1 aromatic heterocycles. The second-order valence-corrected chi connectivity index (χ2v) is 8.45. The van der Waals surface area contributed by atoms with E-state index in [1.54, 1.807) is 10.9 Å². The summed E-state index contributed by atoms with van der Waals surface area (Å²) in [5, 5.41) is 8.17. The lowest BCUT2D eigenvalue weighted by atomic mass is 10.1. The van der Waals surface area contributed by atoms with Gasteiger partial charge in [0.25, 0.3) is 0 Å². The molecule has 0 unspecified atom stereocenters. The third kappa shape index (κ3) is 5.25. The van der Waals surface area contributed by atoms with E-state index in [2.05, 4.69) is 15.6 Å². The zero-order valence-corrected chi connectivity index (χ0v) is 14.5. The van der Waals surface area contributed by atoms with Crippen molar-refractivity contribution in [3.8, 4) is 0 Å². The first kappa shape index (κ1) is 17.3. The molecule has 3 rings (SSSR count). The molecule has 7 nitrogen and oxygen atoms in total. The molecule has 0 radical (unpaired) electrons. The zero-order valence-electron chi connectivity index (χ0n) is 13.7. The summed E-state index contributed by atoms with van der Waals surface area (Å²) in [5.41, 5.74) is 4.37. The van der Waals surface area contributed by atoms with Gasteiger partial charge in [-0.2, -0.15) is 10.2 Å². The van der Waals surface area contributed by atoms with Gasteiger partial charge in [0.05, 0.1) is 30.5 Å². The second-order valence-electron chi connectivity index (χ2n) is 6.22. The Kier molecular flexibility index (Phi) is 5.28. The summed E-state index contributed by atoms with van der Waals surface area (Å²) < 4.78 is 24.6. The van der Waals surface area contributed by atoms with Crippen molar-refractivity contribution in [3.63, 3.8) is 0 Å². The minimum absolute atomic E-state index is 0.0936.